The normalized spacial score (nSPS) is 12.5. The maximum absolute atomic E-state index is 4.91. The molecule has 0 unspecified atom stereocenters. The second-order valence-corrected chi connectivity index (χ2v) is 16.1. The van der Waals surface area contributed by atoms with E-state index in [4.69, 9.17) is 9.97 Å². The van der Waals surface area contributed by atoms with E-state index < -0.39 is 0 Å². The molecule has 12 aromatic rings. The van der Waals surface area contributed by atoms with Crippen molar-refractivity contribution < 1.29 is 0 Å². The van der Waals surface area contributed by atoms with Crippen LogP contribution in [0.4, 0.5) is 0 Å². The number of pyridine rings is 2. The van der Waals surface area contributed by atoms with Crippen LogP contribution >= 0.6 is 0 Å². The summed E-state index contributed by atoms with van der Waals surface area (Å²) in [7, 11) is 0. The van der Waals surface area contributed by atoms with Gasteiger partial charge in [0.25, 0.3) is 0 Å². The van der Waals surface area contributed by atoms with Crippen LogP contribution in [-0.4, -0.2) is 19.1 Å². The lowest BCUT2D eigenvalue weighted by molar-refractivity contribution is 0.945. The molecule has 0 fully saturated rings. The fourth-order valence-electron chi connectivity index (χ4n) is 10.2. The summed E-state index contributed by atoms with van der Waals surface area (Å²) in [6.45, 7) is 0. The maximum Gasteiger partial charge on any atom is 0.137 e. The minimum Gasteiger partial charge on any atom is -0.294 e. The summed E-state index contributed by atoms with van der Waals surface area (Å²) in [4.78, 5) is 9.82. The molecule has 0 saturated carbocycles. The molecule has 60 heavy (non-hydrogen) atoms. The molecule has 8 aromatic carbocycles. The number of hydrogen-bond acceptors (Lipinski definition) is 2. The first-order chi connectivity index (χ1) is 29.7. The summed E-state index contributed by atoms with van der Waals surface area (Å²) in [6, 6.07) is 66.7. The average Bonchev–Trinajstić information content (AvgIpc) is 3.81. The molecule has 0 radical (unpaired) electrons. The van der Waals surface area contributed by atoms with Crippen LogP contribution in [-0.2, 0) is 12.8 Å². The van der Waals surface area contributed by atoms with Crippen LogP contribution in [0.1, 0.15) is 11.1 Å². The van der Waals surface area contributed by atoms with Crippen molar-refractivity contribution in [2.45, 2.75) is 12.8 Å². The number of aryl methyl sites for hydroxylation is 2. The van der Waals surface area contributed by atoms with E-state index in [1.165, 1.54) is 87.6 Å². The molecule has 1 aliphatic rings. The predicted molar refractivity (Wildman–Crippen MR) is 249 cm³/mol. The lowest BCUT2D eigenvalue weighted by Crippen LogP contribution is -2.05. The molecule has 0 N–H and O–H groups in total. The van der Waals surface area contributed by atoms with E-state index in [-0.39, 0.29) is 0 Å². The van der Waals surface area contributed by atoms with Crippen molar-refractivity contribution in [1.29, 1.82) is 0 Å². The second kappa shape index (κ2) is 12.8. The number of aromatic nitrogens is 4. The lowest BCUT2D eigenvalue weighted by Gasteiger charge is -2.21. The minimum absolute atomic E-state index is 0.916. The molecule has 4 aromatic heterocycles. The summed E-state index contributed by atoms with van der Waals surface area (Å²) in [5, 5.41) is 10.0. The van der Waals surface area contributed by atoms with E-state index in [1.807, 2.05) is 24.5 Å². The Balaban J connectivity index is 1.05. The summed E-state index contributed by atoms with van der Waals surface area (Å²) in [6.07, 6.45) is 5.74. The Morgan fingerprint density at radius 3 is 1.22 bits per heavy atom. The van der Waals surface area contributed by atoms with Crippen LogP contribution in [0.3, 0.4) is 0 Å². The van der Waals surface area contributed by atoms with Crippen molar-refractivity contribution in [2.24, 2.45) is 0 Å². The molecule has 0 amide bonds. The molecule has 4 heteroatoms. The highest BCUT2D eigenvalue weighted by Gasteiger charge is 2.24. The molecular formula is C56H36N4. The Morgan fingerprint density at radius 2 is 0.750 bits per heavy atom. The Kier molecular flexibility index (Phi) is 7.10. The van der Waals surface area contributed by atoms with Crippen molar-refractivity contribution in [3.05, 3.63) is 206 Å². The summed E-state index contributed by atoms with van der Waals surface area (Å²) in [5.74, 6) is 1.83. The largest absolute Gasteiger partial charge is 0.294 e. The number of rotatable bonds is 4. The first-order valence-electron chi connectivity index (χ1n) is 20.8. The van der Waals surface area contributed by atoms with Gasteiger partial charge in [-0.15, -0.1) is 0 Å². The highest BCUT2D eigenvalue weighted by Crippen LogP contribution is 2.45. The Bertz CT molecular complexity index is 3450. The van der Waals surface area contributed by atoms with Crippen LogP contribution in [0.15, 0.2) is 194 Å². The van der Waals surface area contributed by atoms with Gasteiger partial charge >= 0.3 is 0 Å². The second-order valence-electron chi connectivity index (χ2n) is 16.1. The molecule has 280 valence electrons. The summed E-state index contributed by atoms with van der Waals surface area (Å²) >= 11 is 0. The molecule has 0 saturated heterocycles. The molecule has 0 bridgehead atoms. The number of hydrogen-bond donors (Lipinski definition) is 0. The van der Waals surface area contributed by atoms with Gasteiger partial charge in [0, 0.05) is 33.9 Å². The highest BCUT2D eigenvalue weighted by atomic mass is 15.1. The van der Waals surface area contributed by atoms with Gasteiger partial charge in [0.05, 0.1) is 22.1 Å². The Morgan fingerprint density at radius 1 is 0.317 bits per heavy atom. The van der Waals surface area contributed by atoms with E-state index >= 15 is 0 Å². The standard InChI is InChI=1S/C56H36N4/c1-3-15-41-35(11-1)13-9-17-43(41)37-23-25-51-47(29-37)49-31-39-21-22-40-32-50-48-30-38(44-18-10-14-36-12-2-4-16-42(36)44)24-26-52(48)60(56-20-6-8-28-58-56)54(50)34-46(40)45(39)33-53(49)59(51)55-19-5-7-27-57-55/h1-20,23-34H,21-22H2. The van der Waals surface area contributed by atoms with Gasteiger partial charge in [0.1, 0.15) is 11.6 Å². The number of benzene rings is 8. The van der Waals surface area contributed by atoms with Crippen molar-refractivity contribution in [2.75, 3.05) is 0 Å². The SMILES string of the molecule is c1ccc(-n2c3ccc(-c4cccc5ccccc45)cc3c3cc4c(cc32)-c2cc3c(cc2CC4)c2cc(-c4cccc5ccccc45)ccc2n3-c2ccccn2)nc1. The Hall–Kier alpha value is -7.82. The van der Waals surface area contributed by atoms with Crippen molar-refractivity contribution in [3.63, 3.8) is 0 Å². The third-order valence-electron chi connectivity index (χ3n) is 12.9. The molecule has 4 heterocycles. The third-order valence-corrected chi connectivity index (χ3v) is 12.9. The molecule has 13 rings (SSSR count). The molecule has 0 spiro atoms. The van der Waals surface area contributed by atoms with Gasteiger partial charge in [-0.1, -0.05) is 109 Å². The van der Waals surface area contributed by atoms with E-state index in [2.05, 4.69) is 179 Å². The lowest BCUT2D eigenvalue weighted by atomic mass is 9.84. The van der Waals surface area contributed by atoms with E-state index in [1.54, 1.807) is 0 Å². The van der Waals surface area contributed by atoms with Crippen LogP contribution in [0.5, 0.6) is 0 Å². The zero-order valence-corrected chi connectivity index (χ0v) is 32.7. The van der Waals surface area contributed by atoms with Gasteiger partial charge < -0.3 is 0 Å². The zero-order chi connectivity index (χ0) is 39.3. The average molecular weight is 765 g/mol. The zero-order valence-electron chi connectivity index (χ0n) is 32.7. The van der Waals surface area contributed by atoms with Crippen molar-refractivity contribution >= 4 is 65.2 Å². The molecule has 0 atom stereocenters. The van der Waals surface area contributed by atoms with Gasteiger partial charge in [0.15, 0.2) is 0 Å². The number of nitrogens with zero attached hydrogens (tertiary/aromatic N) is 4. The van der Waals surface area contributed by atoms with Gasteiger partial charge in [-0.2, -0.15) is 0 Å². The van der Waals surface area contributed by atoms with Crippen LogP contribution in [0.25, 0.3) is 110 Å². The maximum atomic E-state index is 4.91. The van der Waals surface area contributed by atoms with Crippen LogP contribution in [0.2, 0.25) is 0 Å². The summed E-state index contributed by atoms with van der Waals surface area (Å²) in [5.41, 5.74) is 14.9. The van der Waals surface area contributed by atoms with Gasteiger partial charge in [-0.3, -0.25) is 9.13 Å². The third kappa shape index (κ3) is 4.91. The quantitative estimate of drug-likeness (QED) is 0.179. The van der Waals surface area contributed by atoms with Crippen molar-refractivity contribution in [1.82, 2.24) is 19.1 Å². The first kappa shape index (κ1) is 33.2. The fourth-order valence-corrected chi connectivity index (χ4v) is 10.2. The minimum atomic E-state index is 0.916. The van der Waals surface area contributed by atoms with Gasteiger partial charge in [0.2, 0.25) is 0 Å². The monoisotopic (exact) mass is 764 g/mol. The van der Waals surface area contributed by atoms with Gasteiger partial charge in [-0.05, 0) is 152 Å². The smallest absolute Gasteiger partial charge is 0.137 e. The van der Waals surface area contributed by atoms with E-state index in [0.717, 1.165) is 46.5 Å². The molecule has 4 nitrogen and oxygen atoms in total. The van der Waals surface area contributed by atoms with E-state index in [9.17, 15) is 0 Å². The molecule has 0 aliphatic heterocycles. The molecular weight excluding hydrogens is 729 g/mol. The fraction of sp³-hybridized carbons (Fsp3) is 0.0357. The van der Waals surface area contributed by atoms with Crippen LogP contribution in [0, 0.1) is 0 Å². The summed E-state index contributed by atoms with van der Waals surface area (Å²) < 4.78 is 4.70. The first-order valence-corrected chi connectivity index (χ1v) is 20.8. The van der Waals surface area contributed by atoms with Gasteiger partial charge in [-0.25, -0.2) is 9.97 Å². The topological polar surface area (TPSA) is 35.6 Å². The van der Waals surface area contributed by atoms with Crippen LogP contribution < -0.4 is 0 Å². The van der Waals surface area contributed by atoms with Crippen molar-refractivity contribution in [3.8, 4) is 45.0 Å². The van der Waals surface area contributed by atoms with E-state index in [0.29, 0.717) is 0 Å². The highest BCUT2D eigenvalue weighted by molar-refractivity contribution is 6.15. The molecule has 1 aliphatic carbocycles. The number of fused-ring (bicyclic) bond motifs is 11. The Labute approximate surface area is 346 Å². The predicted octanol–water partition coefficient (Wildman–Crippen LogP) is 14.1.